The number of halogens is 1. The van der Waals surface area contributed by atoms with Crippen molar-refractivity contribution in [3.8, 4) is 0 Å². The smallest absolute Gasteiger partial charge is 0.267 e. The number of nitrogens with zero attached hydrogens (tertiary/aromatic N) is 3. The zero-order valence-corrected chi connectivity index (χ0v) is 10.5. The van der Waals surface area contributed by atoms with E-state index < -0.39 is 10.0 Å². The van der Waals surface area contributed by atoms with Gasteiger partial charge in [0.25, 0.3) is 10.0 Å². The average molecular weight is 286 g/mol. The van der Waals surface area contributed by atoms with Crippen LogP contribution in [0.25, 0.3) is 0 Å². The van der Waals surface area contributed by atoms with Crippen LogP contribution in [-0.4, -0.2) is 23.4 Å². The Hall–Kier alpha value is -1.93. The van der Waals surface area contributed by atoms with Crippen LogP contribution in [0.2, 0.25) is 5.15 Å². The lowest BCUT2D eigenvalue weighted by Crippen LogP contribution is -2.17. The van der Waals surface area contributed by atoms with Crippen LogP contribution < -0.4 is 10.5 Å². The molecule has 0 fully saturated rings. The first-order valence-electron chi connectivity index (χ1n) is 4.71. The van der Waals surface area contributed by atoms with Gasteiger partial charge in [0.05, 0.1) is 0 Å². The Morgan fingerprint density at radius 3 is 2.67 bits per heavy atom. The third-order valence-electron chi connectivity index (χ3n) is 1.94. The zero-order valence-electron chi connectivity index (χ0n) is 8.91. The van der Waals surface area contributed by atoms with Crippen LogP contribution >= 0.6 is 11.6 Å². The van der Waals surface area contributed by atoms with Crippen LogP contribution in [0.1, 0.15) is 0 Å². The Morgan fingerprint density at radius 1 is 1.22 bits per heavy atom. The van der Waals surface area contributed by atoms with E-state index in [1.807, 2.05) is 0 Å². The molecule has 0 unspecified atom stereocenters. The number of aromatic nitrogens is 3. The van der Waals surface area contributed by atoms with Gasteiger partial charge in [-0.15, -0.1) is 0 Å². The van der Waals surface area contributed by atoms with Gasteiger partial charge in [0.2, 0.25) is 5.95 Å². The van der Waals surface area contributed by atoms with Crippen LogP contribution in [0, 0.1) is 0 Å². The molecule has 0 aliphatic carbocycles. The number of sulfonamides is 1. The van der Waals surface area contributed by atoms with E-state index in [2.05, 4.69) is 19.7 Å². The molecule has 0 aromatic carbocycles. The Bertz CT molecular complexity index is 676. The molecule has 0 amide bonds. The summed E-state index contributed by atoms with van der Waals surface area (Å²) in [7, 11) is -3.88. The zero-order chi connectivity index (χ0) is 13.2. The summed E-state index contributed by atoms with van der Waals surface area (Å²) in [6.07, 6.45) is 2.73. The van der Waals surface area contributed by atoms with Crippen molar-refractivity contribution in [3.63, 3.8) is 0 Å². The third kappa shape index (κ3) is 2.66. The van der Waals surface area contributed by atoms with Crippen LogP contribution in [0.4, 0.5) is 11.8 Å². The second kappa shape index (κ2) is 4.75. The Kier molecular flexibility index (Phi) is 3.30. The number of rotatable bonds is 3. The van der Waals surface area contributed by atoms with Crippen molar-refractivity contribution in [1.29, 1.82) is 0 Å². The van der Waals surface area contributed by atoms with E-state index in [-0.39, 0.29) is 21.8 Å². The maximum Gasteiger partial charge on any atom is 0.267 e. The maximum absolute atomic E-state index is 12.0. The molecule has 2 rings (SSSR count). The Morgan fingerprint density at radius 2 is 2.00 bits per heavy atom. The largest absolute Gasteiger partial charge is 0.383 e. The second-order valence-corrected chi connectivity index (χ2v) is 5.23. The molecule has 9 heteroatoms. The van der Waals surface area contributed by atoms with Crippen molar-refractivity contribution in [2.75, 3.05) is 10.5 Å². The molecule has 0 saturated heterocycles. The van der Waals surface area contributed by atoms with Crippen molar-refractivity contribution in [2.24, 2.45) is 0 Å². The number of hydrogen-bond acceptors (Lipinski definition) is 6. The first-order valence-corrected chi connectivity index (χ1v) is 6.57. The molecule has 3 N–H and O–H groups in total. The lowest BCUT2D eigenvalue weighted by atomic mass is 10.5. The number of nitrogen functional groups attached to an aromatic ring is 1. The normalized spacial score (nSPS) is 11.2. The predicted octanol–water partition coefficient (Wildman–Crippen LogP) is 0.908. The quantitative estimate of drug-likeness (QED) is 0.811. The van der Waals surface area contributed by atoms with E-state index in [1.54, 1.807) is 0 Å². The SMILES string of the molecule is Nc1ncccc1S(=O)(=O)Nc1nccc(Cl)n1. The van der Waals surface area contributed by atoms with E-state index in [1.165, 1.54) is 30.6 Å². The summed E-state index contributed by atoms with van der Waals surface area (Å²) in [4.78, 5) is 11.0. The number of anilines is 2. The highest BCUT2D eigenvalue weighted by molar-refractivity contribution is 7.92. The monoisotopic (exact) mass is 285 g/mol. The summed E-state index contributed by atoms with van der Waals surface area (Å²) in [5, 5.41) is 0.127. The van der Waals surface area contributed by atoms with Gasteiger partial charge in [-0.05, 0) is 18.2 Å². The van der Waals surface area contributed by atoms with Crippen LogP contribution in [0.3, 0.4) is 0 Å². The lowest BCUT2D eigenvalue weighted by molar-refractivity contribution is 0.601. The van der Waals surface area contributed by atoms with Crippen molar-refractivity contribution in [3.05, 3.63) is 35.7 Å². The Labute approximate surface area is 108 Å². The van der Waals surface area contributed by atoms with Crippen LogP contribution in [0.15, 0.2) is 35.5 Å². The molecule has 0 radical (unpaired) electrons. The number of hydrogen-bond donors (Lipinski definition) is 2. The Balaban J connectivity index is 2.37. The van der Waals surface area contributed by atoms with Gasteiger partial charge in [0.1, 0.15) is 15.9 Å². The summed E-state index contributed by atoms with van der Waals surface area (Å²) in [6.45, 7) is 0. The standard InChI is InChI=1S/C9H8ClN5O2S/c10-7-3-5-13-9(14-7)15-18(16,17)6-2-1-4-12-8(6)11/h1-5H,(H2,11,12)(H,13,14,15). The van der Waals surface area contributed by atoms with Crippen molar-refractivity contribution < 1.29 is 8.42 Å². The van der Waals surface area contributed by atoms with Gasteiger partial charge in [-0.25, -0.2) is 28.1 Å². The van der Waals surface area contributed by atoms with Gasteiger partial charge in [0.15, 0.2) is 0 Å². The molecule has 2 aromatic rings. The number of nitrogens with one attached hydrogen (secondary N) is 1. The van der Waals surface area contributed by atoms with Gasteiger partial charge in [-0.1, -0.05) is 11.6 Å². The molecule has 0 spiro atoms. The second-order valence-electron chi connectivity index (χ2n) is 3.20. The highest BCUT2D eigenvalue weighted by Gasteiger charge is 2.19. The van der Waals surface area contributed by atoms with Crippen molar-refractivity contribution >= 4 is 33.4 Å². The van der Waals surface area contributed by atoms with E-state index in [0.29, 0.717) is 0 Å². The minimum Gasteiger partial charge on any atom is -0.383 e. The summed E-state index contributed by atoms with van der Waals surface area (Å²) >= 11 is 5.63. The molecule has 0 bridgehead atoms. The molecular weight excluding hydrogens is 278 g/mol. The van der Waals surface area contributed by atoms with Gasteiger partial charge in [-0.2, -0.15) is 0 Å². The van der Waals surface area contributed by atoms with Gasteiger partial charge >= 0.3 is 0 Å². The molecule has 2 aromatic heterocycles. The lowest BCUT2D eigenvalue weighted by Gasteiger charge is -2.07. The highest BCUT2D eigenvalue weighted by Crippen LogP contribution is 2.17. The molecule has 0 aliphatic heterocycles. The first kappa shape index (κ1) is 12.5. The minimum absolute atomic E-state index is 0.105. The molecule has 94 valence electrons. The third-order valence-corrected chi connectivity index (χ3v) is 3.52. The average Bonchev–Trinajstić information content (AvgIpc) is 2.28. The molecule has 18 heavy (non-hydrogen) atoms. The molecule has 0 atom stereocenters. The first-order chi connectivity index (χ1) is 8.49. The maximum atomic E-state index is 12.0. The highest BCUT2D eigenvalue weighted by atomic mass is 35.5. The topological polar surface area (TPSA) is 111 Å². The van der Waals surface area contributed by atoms with Crippen molar-refractivity contribution in [1.82, 2.24) is 15.0 Å². The summed E-state index contributed by atoms with van der Waals surface area (Å²) in [6, 6.07) is 4.22. The van der Waals surface area contributed by atoms with Crippen LogP contribution in [-0.2, 0) is 10.0 Å². The molecule has 0 aliphatic rings. The minimum atomic E-state index is -3.88. The summed E-state index contributed by atoms with van der Waals surface area (Å²) in [5.41, 5.74) is 5.49. The van der Waals surface area contributed by atoms with E-state index in [4.69, 9.17) is 17.3 Å². The van der Waals surface area contributed by atoms with Crippen LogP contribution in [0.5, 0.6) is 0 Å². The summed E-state index contributed by atoms with van der Waals surface area (Å²) < 4.78 is 26.1. The fourth-order valence-electron chi connectivity index (χ4n) is 1.19. The summed E-state index contributed by atoms with van der Waals surface area (Å²) in [5.74, 6) is -0.238. The fraction of sp³-hybridized carbons (Fsp3) is 0. The number of pyridine rings is 1. The molecular formula is C9H8ClN5O2S. The van der Waals surface area contributed by atoms with Crippen molar-refractivity contribution in [2.45, 2.75) is 4.90 Å². The molecule has 7 nitrogen and oxygen atoms in total. The van der Waals surface area contributed by atoms with Gasteiger partial charge in [-0.3, -0.25) is 0 Å². The molecule has 0 saturated carbocycles. The van der Waals surface area contributed by atoms with Gasteiger partial charge < -0.3 is 5.73 Å². The fourth-order valence-corrected chi connectivity index (χ4v) is 2.36. The number of nitrogens with two attached hydrogens (primary N) is 1. The van der Waals surface area contributed by atoms with E-state index >= 15 is 0 Å². The predicted molar refractivity (Wildman–Crippen MR) is 66.5 cm³/mol. The van der Waals surface area contributed by atoms with Gasteiger partial charge in [0, 0.05) is 12.4 Å². The van der Waals surface area contributed by atoms with E-state index in [9.17, 15) is 8.42 Å². The van der Waals surface area contributed by atoms with E-state index in [0.717, 1.165) is 0 Å². The molecule has 2 heterocycles.